The molecule has 0 saturated heterocycles. The highest BCUT2D eigenvalue weighted by Crippen LogP contribution is 2.25. The van der Waals surface area contributed by atoms with Crippen LogP contribution in [-0.4, -0.2) is 35.9 Å². The minimum Gasteiger partial charge on any atom is -0.444 e. The summed E-state index contributed by atoms with van der Waals surface area (Å²) in [5.74, 6) is 0. The summed E-state index contributed by atoms with van der Waals surface area (Å²) in [7, 11) is 0. The van der Waals surface area contributed by atoms with E-state index >= 15 is 0 Å². The first-order valence-electron chi connectivity index (χ1n) is 7.33. The maximum atomic E-state index is 11.6. The Morgan fingerprint density at radius 3 is 2.32 bits per heavy atom. The van der Waals surface area contributed by atoms with Crippen LogP contribution in [0, 0.1) is 0 Å². The molecule has 2 fully saturated rings. The van der Waals surface area contributed by atoms with E-state index < -0.39 is 5.60 Å². The van der Waals surface area contributed by atoms with Crippen molar-refractivity contribution in [1.29, 1.82) is 0 Å². The fraction of sp³-hybridized carbons (Fsp3) is 0.929. The number of nitrogens with two attached hydrogens (primary N) is 1. The summed E-state index contributed by atoms with van der Waals surface area (Å²) in [6, 6.07) is 1.72. The largest absolute Gasteiger partial charge is 0.444 e. The first-order valence-corrected chi connectivity index (χ1v) is 7.33. The Morgan fingerprint density at radius 1 is 1.11 bits per heavy atom. The highest BCUT2D eigenvalue weighted by molar-refractivity contribution is 5.68. The van der Waals surface area contributed by atoms with Gasteiger partial charge in [0.2, 0.25) is 0 Å². The minimum atomic E-state index is -0.425. The number of carbonyl (C=O) groups excluding carboxylic acids is 1. The molecule has 0 aromatic carbocycles. The molecule has 0 radical (unpaired) electrons. The molecule has 5 heteroatoms. The van der Waals surface area contributed by atoms with Crippen LogP contribution in [0.15, 0.2) is 0 Å². The average molecular weight is 269 g/mol. The third-order valence-electron chi connectivity index (χ3n) is 3.80. The molecule has 19 heavy (non-hydrogen) atoms. The highest BCUT2D eigenvalue weighted by atomic mass is 16.6. The van der Waals surface area contributed by atoms with Crippen molar-refractivity contribution >= 4 is 6.09 Å². The van der Waals surface area contributed by atoms with Gasteiger partial charge in [-0.3, -0.25) is 0 Å². The zero-order valence-corrected chi connectivity index (χ0v) is 12.2. The molecule has 110 valence electrons. The summed E-state index contributed by atoms with van der Waals surface area (Å²) in [5, 5.41) is 6.54. The van der Waals surface area contributed by atoms with Crippen molar-refractivity contribution in [2.75, 3.05) is 0 Å². The third-order valence-corrected chi connectivity index (χ3v) is 3.80. The molecular weight excluding hydrogens is 242 g/mol. The molecule has 0 spiro atoms. The SMILES string of the molecule is CC(C)(C)OC(=O)NC1CC(NC2CCC(N)C2)C1. The van der Waals surface area contributed by atoms with Crippen molar-refractivity contribution in [3.63, 3.8) is 0 Å². The summed E-state index contributed by atoms with van der Waals surface area (Å²) in [4.78, 5) is 11.6. The number of amides is 1. The summed E-state index contributed by atoms with van der Waals surface area (Å²) in [6.07, 6.45) is 5.07. The molecular formula is C14H27N3O2. The molecule has 2 aliphatic rings. The maximum Gasteiger partial charge on any atom is 0.407 e. The molecule has 0 aliphatic heterocycles. The average Bonchev–Trinajstić information content (AvgIpc) is 2.58. The Bertz CT molecular complexity index is 321. The van der Waals surface area contributed by atoms with E-state index in [1.165, 1.54) is 6.42 Å². The third kappa shape index (κ3) is 4.66. The van der Waals surface area contributed by atoms with Crippen molar-refractivity contribution in [3.8, 4) is 0 Å². The second-order valence-electron chi connectivity index (χ2n) is 6.95. The van der Waals surface area contributed by atoms with Crippen molar-refractivity contribution in [2.24, 2.45) is 5.73 Å². The summed E-state index contributed by atoms with van der Waals surface area (Å²) >= 11 is 0. The quantitative estimate of drug-likeness (QED) is 0.726. The van der Waals surface area contributed by atoms with Gasteiger partial charge >= 0.3 is 6.09 Å². The van der Waals surface area contributed by atoms with Crippen LogP contribution in [0.3, 0.4) is 0 Å². The van der Waals surface area contributed by atoms with Gasteiger partial charge in [-0.15, -0.1) is 0 Å². The van der Waals surface area contributed by atoms with Gasteiger partial charge < -0.3 is 21.1 Å². The van der Waals surface area contributed by atoms with Crippen LogP contribution in [0.2, 0.25) is 0 Å². The zero-order valence-electron chi connectivity index (χ0n) is 12.2. The Morgan fingerprint density at radius 2 is 1.79 bits per heavy atom. The highest BCUT2D eigenvalue weighted by Gasteiger charge is 2.34. The van der Waals surface area contributed by atoms with Gasteiger partial charge in [-0.1, -0.05) is 0 Å². The topological polar surface area (TPSA) is 76.4 Å². The molecule has 2 rings (SSSR count). The Balaban J connectivity index is 1.60. The second kappa shape index (κ2) is 5.67. The maximum absolute atomic E-state index is 11.6. The summed E-state index contributed by atoms with van der Waals surface area (Å²) in [5.41, 5.74) is 5.47. The second-order valence-corrected chi connectivity index (χ2v) is 6.95. The summed E-state index contributed by atoms with van der Waals surface area (Å²) < 4.78 is 5.24. The fourth-order valence-corrected chi connectivity index (χ4v) is 2.85. The molecule has 2 atom stereocenters. The van der Waals surface area contributed by atoms with Crippen LogP contribution < -0.4 is 16.4 Å². The minimum absolute atomic E-state index is 0.252. The summed E-state index contributed by atoms with van der Waals surface area (Å²) in [6.45, 7) is 5.63. The van der Waals surface area contributed by atoms with Crippen molar-refractivity contribution in [2.45, 2.75) is 82.6 Å². The number of nitrogens with one attached hydrogen (secondary N) is 2. The molecule has 1 amide bonds. The van der Waals surface area contributed by atoms with Crippen molar-refractivity contribution in [1.82, 2.24) is 10.6 Å². The van der Waals surface area contributed by atoms with E-state index in [0.717, 1.165) is 25.7 Å². The van der Waals surface area contributed by atoms with Gasteiger partial charge in [0.05, 0.1) is 0 Å². The Hall–Kier alpha value is -0.810. The molecule has 2 aliphatic carbocycles. The zero-order chi connectivity index (χ0) is 14.0. The monoisotopic (exact) mass is 269 g/mol. The molecule has 2 unspecified atom stereocenters. The van der Waals surface area contributed by atoms with Crippen molar-refractivity contribution < 1.29 is 9.53 Å². The van der Waals surface area contributed by atoms with Gasteiger partial charge in [0.25, 0.3) is 0 Å². The van der Waals surface area contributed by atoms with E-state index in [4.69, 9.17) is 10.5 Å². The molecule has 0 heterocycles. The Labute approximate surface area is 115 Å². The van der Waals surface area contributed by atoms with Crippen LogP contribution in [0.25, 0.3) is 0 Å². The lowest BCUT2D eigenvalue weighted by Crippen LogP contribution is -2.55. The molecule has 4 N–H and O–H groups in total. The molecule has 0 aromatic heterocycles. The first-order chi connectivity index (χ1) is 8.82. The molecule has 0 aromatic rings. The van der Waals surface area contributed by atoms with E-state index in [-0.39, 0.29) is 12.1 Å². The van der Waals surface area contributed by atoms with Gasteiger partial charge in [0, 0.05) is 24.2 Å². The van der Waals surface area contributed by atoms with Crippen LogP contribution in [-0.2, 0) is 4.74 Å². The number of hydrogen-bond donors (Lipinski definition) is 3. The van der Waals surface area contributed by atoms with E-state index in [1.54, 1.807) is 0 Å². The van der Waals surface area contributed by atoms with E-state index in [1.807, 2.05) is 20.8 Å². The van der Waals surface area contributed by atoms with Gasteiger partial charge in [0.1, 0.15) is 5.60 Å². The van der Waals surface area contributed by atoms with Crippen LogP contribution in [0.1, 0.15) is 52.9 Å². The standard InChI is InChI=1S/C14H27N3O2/c1-14(2,3)19-13(18)17-12-7-11(8-12)16-10-5-4-9(15)6-10/h9-12,16H,4-8,15H2,1-3H3,(H,17,18). The lowest BCUT2D eigenvalue weighted by atomic mass is 9.86. The van der Waals surface area contributed by atoms with Crippen LogP contribution in [0.5, 0.6) is 0 Å². The van der Waals surface area contributed by atoms with Crippen LogP contribution in [0.4, 0.5) is 4.79 Å². The van der Waals surface area contributed by atoms with Crippen molar-refractivity contribution in [3.05, 3.63) is 0 Å². The van der Waals surface area contributed by atoms with E-state index in [2.05, 4.69) is 10.6 Å². The van der Waals surface area contributed by atoms with Gasteiger partial charge in [0.15, 0.2) is 0 Å². The number of carbonyl (C=O) groups is 1. The van der Waals surface area contributed by atoms with Gasteiger partial charge in [-0.2, -0.15) is 0 Å². The predicted octanol–water partition coefficient (Wildman–Crippen LogP) is 1.51. The number of alkyl carbamates (subject to hydrolysis) is 1. The number of hydrogen-bond acceptors (Lipinski definition) is 4. The number of ether oxygens (including phenoxy) is 1. The predicted molar refractivity (Wildman–Crippen MR) is 74.9 cm³/mol. The lowest BCUT2D eigenvalue weighted by Gasteiger charge is -2.38. The molecule has 0 bridgehead atoms. The van der Waals surface area contributed by atoms with Gasteiger partial charge in [-0.05, 0) is 52.9 Å². The first kappa shape index (κ1) is 14.6. The number of rotatable bonds is 3. The lowest BCUT2D eigenvalue weighted by molar-refractivity contribution is 0.0463. The molecule has 2 saturated carbocycles. The van der Waals surface area contributed by atoms with Gasteiger partial charge in [-0.25, -0.2) is 4.79 Å². The Kier molecular flexibility index (Phi) is 4.36. The smallest absolute Gasteiger partial charge is 0.407 e. The fourth-order valence-electron chi connectivity index (χ4n) is 2.85. The normalized spacial score (nSPS) is 34.7. The van der Waals surface area contributed by atoms with E-state index in [9.17, 15) is 4.79 Å². The van der Waals surface area contributed by atoms with E-state index in [0.29, 0.717) is 18.1 Å². The van der Waals surface area contributed by atoms with Crippen LogP contribution >= 0.6 is 0 Å². The molecule has 5 nitrogen and oxygen atoms in total.